The number of rotatable bonds is 7. The van der Waals surface area contributed by atoms with Gasteiger partial charge in [0, 0.05) is 17.6 Å². The van der Waals surface area contributed by atoms with Gasteiger partial charge in [-0.2, -0.15) is 0 Å². The number of amides is 1. The van der Waals surface area contributed by atoms with Crippen molar-refractivity contribution < 1.29 is 27.5 Å². The van der Waals surface area contributed by atoms with Crippen molar-refractivity contribution >= 4 is 33.3 Å². The van der Waals surface area contributed by atoms with Crippen LogP contribution < -0.4 is 4.74 Å². The number of benzene rings is 1. The molecule has 0 radical (unpaired) electrons. The number of esters is 1. The van der Waals surface area contributed by atoms with E-state index in [0.717, 1.165) is 5.56 Å². The van der Waals surface area contributed by atoms with Crippen LogP contribution in [0.2, 0.25) is 5.02 Å². The van der Waals surface area contributed by atoms with Gasteiger partial charge >= 0.3 is 5.97 Å². The molecule has 1 amide bonds. The minimum absolute atomic E-state index is 0.0421. The Morgan fingerprint density at radius 2 is 2.04 bits per heavy atom. The summed E-state index contributed by atoms with van der Waals surface area (Å²) in [5.41, 5.74) is 0.817. The molecule has 1 atom stereocenters. The van der Waals surface area contributed by atoms with Crippen molar-refractivity contribution in [3.8, 4) is 5.75 Å². The number of aryl methyl sites for hydroxylation is 1. The van der Waals surface area contributed by atoms with Crippen molar-refractivity contribution in [1.82, 2.24) is 4.90 Å². The number of hydrogen-bond donors (Lipinski definition) is 0. The van der Waals surface area contributed by atoms with E-state index in [-0.39, 0.29) is 24.2 Å². The third-order valence-corrected chi connectivity index (χ3v) is 6.33. The molecule has 2 rings (SSSR count). The minimum Gasteiger partial charge on any atom is -0.482 e. The maximum atomic E-state index is 12.2. The first-order valence-electron chi connectivity index (χ1n) is 8.26. The summed E-state index contributed by atoms with van der Waals surface area (Å²) in [6.07, 6.45) is 0.412. The first-order valence-corrected chi connectivity index (χ1v) is 10.5. The van der Waals surface area contributed by atoms with Crippen molar-refractivity contribution in [3.63, 3.8) is 0 Å². The van der Waals surface area contributed by atoms with Crippen molar-refractivity contribution in [2.45, 2.75) is 26.3 Å². The number of carbonyl (C=O) groups is 2. The van der Waals surface area contributed by atoms with Crippen LogP contribution in [0.15, 0.2) is 18.2 Å². The van der Waals surface area contributed by atoms with Gasteiger partial charge in [0.2, 0.25) is 0 Å². The lowest BCUT2D eigenvalue weighted by Crippen LogP contribution is -2.43. The standard InChI is InChI=1S/C17H22ClNO6S/c1-3-19(13-6-7-26(22,23)11-13)16(20)9-25-17(21)10-24-14-4-5-15(18)12(2)8-14/h4-5,8,13H,3,6-7,9-11H2,1-2H3/t13-/m1/s1. The maximum absolute atomic E-state index is 12.2. The van der Waals surface area contributed by atoms with E-state index in [2.05, 4.69) is 0 Å². The van der Waals surface area contributed by atoms with Gasteiger partial charge in [0.15, 0.2) is 23.1 Å². The Bertz CT molecular complexity index is 779. The monoisotopic (exact) mass is 403 g/mol. The second-order valence-electron chi connectivity index (χ2n) is 6.10. The lowest BCUT2D eigenvalue weighted by molar-refractivity contribution is -0.154. The zero-order chi connectivity index (χ0) is 19.3. The fraction of sp³-hybridized carbons (Fsp3) is 0.529. The molecule has 0 N–H and O–H groups in total. The van der Waals surface area contributed by atoms with E-state index < -0.39 is 28.3 Å². The predicted molar refractivity (Wildman–Crippen MR) is 97.1 cm³/mol. The predicted octanol–water partition coefficient (Wildman–Crippen LogP) is 1.61. The summed E-state index contributed by atoms with van der Waals surface area (Å²) in [5, 5.41) is 0.596. The Labute approximate surface area is 158 Å². The Morgan fingerprint density at radius 1 is 1.31 bits per heavy atom. The topological polar surface area (TPSA) is 90.0 Å². The SMILES string of the molecule is CCN(C(=O)COC(=O)COc1ccc(Cl)c(C)c1)[C@@H]1CCS(=O)(=O)C1. The van der Waals surface area contributed by atoms with Gasteiger partial charge in [-0.25, -0.2) is 13.2 Å². The Kier molecular flexibility index (Phi) is 6.88. The van der Waals surface area contributed by atoms with Crippen molar-refractivity contribution in [2.75, 3.05) is 31.3 Å². The lowest BCUT2D eigenvalue weighted by Gasteiger charge is -2.26. The molecule has 1 saturated heterocycles. The molecule has 1 heterocycles. The maximum Gasteiger partial charge on any atom is 0.344 e. The van der Waals surface area contributed by atoms with Gasteiger partial charge in [-0.1, -0.05) is 11.6 Å². The number of likely N-dealkylation sites (N-methyl/N-ethyl adjacent to an activating group) is 1. The second-order valence-corrected chi connectivity index (χ2v) is 8.73. The molecule has 0 aliphatic carbocycles. The molecule has 0 spiro atoms. The summed E-state index contributed by atoms with van der Waals surface area (Å²) < 4.78 is 33.4. The first kappa shape index (κ1) is 20.5. The van der Waals surface area contributed by atoms with Gasteiger partial charge in [-0.05, 0) is 44.0 Å². The van der Waals surface area contributed by atoms with Gasteiger partial charge in [-0.15, -0.1) is 0 Å². The van der Waals surface area contributed by atoms with Crippen LogP contribution in [0.25, 0.3) is 0 Å². The molecular weight excluding hydrogens is 382 g/mol. The zero-order valence-corrected chi connectivity index (χ0v) is 16.3. The van der Waals surface area contributed by atoms with E-state index in [4.69, 9.17) is 21.1 Å². The fourth-order valence-electron chi connectivity index (χ4n) is 2.78. The number of halogens is 1. The van der Waals surface area contributed by atoms with Crippen LogP contribution in [0, 0.1) is 6.92 Å². The summed E-state index contributed by atoms with van der Waals surface area (Å²) in [7, 11) is -3.09. The van der Waals surface area contributed by atoms with E-state index in [1.54, 1.807) is 25.1 Å². The fourth-order valence-corrected chi connectivity index (χ4v) is 4.62. The quantitative estimate of drug-likeness (QED) is 0.642. The molecule has 144 valence electrons. The zero-order valence-electron chi connectivity index (χ0n) is 14.7. The van der Waals surface area contributed by atoms with Crippen LogP contribution in [-0.2, 0) is 24.2 Å². The number of carbonyl (C=O) groups excluding carboxylic acids is 2. The summed E-state index contributed by atoms with van der Waals surface area (Å²) in [5.74, 6) is -0.581. The Balaban J connectivity index is 1.80. The normalized spacial score (nSPS) is 18.3. The molecule has 26 heavy (non-hydrogen) atoms. The van der Waals surface area contributed by atoms with Crippen LogP contribution >= 0.6 is 11.6 Å². The molecule has 1 fully saturated rings. The molecule has 7 nitrogen and oxygen atoms in total. The van der Waals surface area contributed by atoms with Crippen molar-refractivity contribution in [2.24, 2.45) is 0 Å². The molecule has 1 aliphatic rings. The molecule has 1 aliphatic heterocycles. The largest absolute Gasteiger partial charge is 0.482 e. The van der Waals surface area contributed by atoms with Gasteiger partial charge < -0.3 is 14.4 Å². The van der Waals surface area contributed by atoms with Crippen LogP contribution in [-0.4, -0.2) is 62.5 Å². The molecule has 0 saturated carbocycles. The average Bonchev–Trinajstić information content (AvgIpc) is 2.94. The number of sulfone groups is 1. The molecule has 1 aromatic rings. The summed E-state index contributed by atoms with van der Waals surface area (Å²) in [6.45, 7) is 3.16. The summed E-state index contributed by atoms with van der Waals surface area (Å²) in [4.78, 5) is 25.4. The number of nitrogens with zero attached hydrogens (tertiary/aromatic N) is 1. The van der Waals surface area contributed by atoms with E-state index in [9.17, 15) is 18.0 Å². The van der Waals surface area contributed by atoms with E-state index in [1.807, 2.05) is 6.92 Å². The van der Waals surface area contributed by atoms with Gasteiger partial charge in [0.1, 0.15) is 5.75 Å². The number of ether oxygens (including phenoxy) is 2. The van der Waals surface area contributed by atoms with E-state index >= 15 is 0 Å². The first-order chi connectivity index (χ1) is 12.2. The highest BCUT2D eigenvalue weighted by molar-refractivity contribution is 7.91. The van der Waals surface area contributed by atoms with Crippen LogP contribution in [0.3, 0.4) is 0 Å². The lowest BCUT2D eigenvalue weighted by atomic mass is 10.2. The highest BCUT2D eigenvalue weighted by Crippen LogP contribution is 2.21. The van der Waals surface area contributed by atoms with Gasteiger partial charge in [0.25, 0.3) is 5.91 Å². The average molecular weight is 404 g/mol. The Hall–Kier alpha value is -1.80. The third-order valence-electron chi connectivity index (χ3n) is 4.15. The van der Waals surface area contributed by atoms with Crippen LogP contribution in [0.1, 0.15) is 18.9 Å². The van der Waals surface area contributed by atoms with Crippen LogP contribution in [0.4, 0.5) is 0 Å². The Morgan fingerprint density at radius 3 is 2.62 bits per heavy atom. The molecule has 1 aromatic carbocycles. The van der Waals surface area contributed by atoms with Gasteiger partial charge in [-0.3, -0.25) is 4.79 Å². The molecule has 9 heteroatoms. The third kappa shape index (κ3) is 5.60. The number of hydrogen-bond acceptors (Lipinski definition) is 6. The molecule has 0 unspecified atom stereocenters. The molecular formula is C17H22ClNO6S. The van der Waals surface area contributed by atoms with Crippen molar-refractivity contribution in [1.29, 1.82) is 0 Å². The van der Waals surface area contributed by atoms with E-state index in [0.29, 0.717) is 23.7 Å². The van der Waals surface area contributed by atoms with Crippen LogP contribution in [0.5, 0.6) is 5.75 Å². The summed E-state index contributed by atoms with van der Waals surface area (Å²) in [6, 6.07) is 4.63. The molecule has 0 aromatic heterocycles. The highest BCUT2D eigenvalue weighted by atomic mass is 35.5. The van der Waals surface area contributed by atoms with E-state index in [1.165, 1.54) is 4.90 Å². The summed E-state index contributed by atoms with van der Waals surface area (Å²) >= 11 is 5.92. The minimum atomic E-state index is -3.09. The smallest absolute Gasteiger partial charge is 0.344 e. The van der Waals surface area contributed by atoms with Crippen molar-refractivity contribution in [3.05, 3.63) is 28.8 Å². The van der Waals surface area contributed by atoms with Gasteiger partial charge in [0.05, 0.1) is 11.5 Å². The molecule has 0 bridgehead atoms. The second kappa shape index (κ2) is 8.73. The highest BCUT2D eigenvalue weighted by Gasteiger charge is 2.34.